The topological polar surface area (TPSA) is 51.6 Å². The summed E-state index contributed by atoms with van der Waals surface area (Å²) in [7, 11) is 0.972. The summed E-state index contributed by atoms with van der Waals surface area (Å²) in [5.74, 6) is -1.79. The van der Waals surface area contributed by atoms with Crippen molar-refractivity contribution in [1.82, 2.24) is 4.98 Å². The van der Waals surface area contributed by atoms with Crippen LogP contribution in [-0.4, -0.2) is 23.6 Å². The first-order chi connectivity index (χ1) is 8.30. The molecule has 0 bridgehead atoms. The lowest BCUT2D eigenvalue weighted by Crippen LogP contribution is -2.19. The fraction of sp³-hybridized carbons (Fsp3) is 0.444. The predicted octanol–water partition coefficient (Wildman–Crippen LogP) is 2.42. The minimum Gasteiger partial charge on any atom is -0.494 e. The van der Waals surface area contributed by atoms with Crippen LogP contribution in [0.5, 0.6) is 11.5 Å². The van der Waals surface area contributed by atoms with Crippen LogP contribution in [0.2, 0.25) is 0 Å². The third-order valence-electron chi connectivity index (χ3n) is 1.91. The molecule has 0 unspecified atom stereocenters. The summed E-state index contributed by atoms with van der Waals surface area (Å²) in [6, 6.07) is 0. The molecule has 18 heavy (non-hydrogen) atoms. The van der Waals surface area contributed by atoms with Gasteiger partial charge in [0.05, 0.1) is 19.9 Å². The van der Waals surface area contributed by atoms with E-state index in [9.17, 15) is 22.0 Å². The lowest BCUT2D eigenvalue weighted by Gasteiger charge is -2.16. The van der Waals surface area contributed by atoms with Gasteiger partial charge in [0.1, 0.15) is 11.3 Å². The van der Waals surface area contributed by atoms with E-state index in [2.05, 4.69) is 14.5 Å². The lowest BCUT2D eigenvalue weighted by atomic mass is 10.2. The van der Waals surface area contributed by atoms with E-state index in [4.69, 9.17) is 5.11 Å². The first kappa shape index (κ1) is 14.4. The second-order valence-corrected chi connectivity index (χ2v) is 3.02. The van der Waals surface area contributed by atoms with Gasteiger partial charge in [-0.25, -0.2) is 8.78 Å². The smallest absolute Gasteiger partial charge is 0.494 e. The van der Waals surface area contributed by atoms with E-state index in [1.165, 1.54) is 0 Å². The highest BCUT2D eigenvalue weighted by Gasteiger charge is 2.35. The van der Waals surface area contributed by atoms with Gasteiger partial charge in [-0.05, 0) is 0 Å². The van der Waals surface area contributed by atoms with Crippen molar-refractivity contribution >= 4 is 0 Å². The summed E-state index contributed by atoms with van der Waals surface area (Å²) in [6.45, 7) is -0.755. The minimum atomic E-state index is -5.13. The van der Waals surface area contributed by atoms with E-state index < -0.39 is 36.5 Å². The molecule has 0 fully saturated rings. The van der Waals surface area contributed by atoms with Gasteiger partial charge in [0.25, 0.3) is 6.43 Å². The van der Waals surface area contributed by atoms with Crippen LogP contribution in [0.3, 0.4) is 0 Å². The van der Waals surface area contributed by atoms with Gasteiger partial charge in [0.15, 0.2) is 11.5 Å². The Kier molecular flexibility index (Phi) is 4.28. The number of aliphatic hydroxyl groups excluding tert-OH is 1. The van der Waals surface area contributed by atoms with Crippen LogP contribution in [0.1, 0.15) is 17.7 Å². The van der Waals surface area contributed by atoms with Crippen molar-refractivity contribution in [2.75, 3.05) is 7.11 Å². The van der Waals surface area contributed by atoms with E-state index in [1.54, 1.807) is 0 Å². The van der Waals surface area contributed by atoms with Crippen LogP contribution in [0.4, 0.5) is 22.0 Å². The molecule has 0 saturated heterocycles. The Labute approximate surface area is 98.0 Å². The molecule has 0 aliphatic heterocycles. The van der Waals surface area contributed by atoms with Crippen LogP contribution in [0.25, 0.3) is 0 Å². The molecule has 0 atom stereocenters. The normalized spacial score (nSPS) is 11.8. The van der Waals surface area contributed by atoms with Crippen molar-refractivity contribution in [1.29, 1.82) is 0 Å². The summed E-state index contributed by atoms with van der Waals surface area (Å²) < 4.78 is 69.5. The minimum absolute atomic E-state index is 0.303. The van der Waals surface area contributed by atoms with Crippen molar-refractivity contribution in [3.8, 4) is 11.5 Å². The largest absolute Gasteiger partial charge is 0.573 e. The monoisotopic (exact) mass is 273 g/mol. The quantitative estimate of drug-likeness (QED) is 0.856. The summed E-state index contributed by atoms with van der Waals surface area (Å²) in [5.41, 5.74) is -1.41. The molecular formula is C9H8F5NO3. The predicted molar refractivity (Wildman–Crippen MR) is 48.4 cm³/mol. The third kappa shape index (κ3) is 3.19. The van der Waals surface area contributed by atoms with Crippen molar-refractivity contribution in [2.45, 2.75) is 19.4 Å². The highest BCUT2D eigenvalue weighted by Crippen LogP contribution is 2.40. The molecule has 4 nitrogen and oxygen atoms in total. The van der Waals surface area contributed by atoms with Gasteiger partial charge in [-0.1, -0.05) is 0 Å². The van der Waals surface area contributed by atoms with Crippen molar-refractivity contribution in [3.05, 3.63) is 17.5 Å². The van der Waals surface area contributed by atoms with Crippen LogP contribution in [0.15, 0.2) is 6.20 Å². The molecule has 102 valence electrons. The zero-order valence-corrected chi connectivity index (χ0v) is 8.96. The van der Waals surface area contributed by atoms with Gasteiger partial charge in [0, 0.05) is 0 Å². The number of aliphatic hydroxyl groups is 1. The molecule has 0 aliphatic carbocycles. The lowest BCUT2D eigenvalue weighted by molar-refractivity contribution is -0.275. The molecule has 0 radical (unpaired) electrons. The maximum absolute atomic E-state index is 12.7. The van der Waals surface area contributed by atoms with E-state index in [0.29, 0.717) is 6.20 Å². The number of alkyl halides is 5. The van der Waals surface area contributed by atoms with Crippen LogP contribution < -0.4 is 9.47 Å². The Morgan fingerprint density at radius 1 is 1.39 bits per heavy atom. The molecule has 1 heterocycles. The number of rotatable bonds is 4. The Balaban J connectivity index is 3.35. The zero-order valence-electron chi connectivity index (χ0n) is 8.96. The van der Waals surface area contributed by atoms with E-state index in [-0.39, 0.29) is 5.69 Å². The van der Waals surface area contributed by atoms with Crippen molar-refractivity contribution < 1.29 is 36.5 Å². The molecule has 1 aromatic rings. The Morgan fingerprint density at radius 2 is 2.00 bits per heavy atom. The van der Waals surface area contributed by atoms with Crippen molar-refractivity contribution in [3.63, 3.8) is 0 Å². The first-order valence-electron chi connectivity index (χ1n) is 4.50. The molecule has 1 rings (SSSR count). The number of nitrogens with zero attached hydrogens (tertiary/aromatic N) is 1. The molecule has 0 aliphatic rings. The highest BCUT2D eigenvalue weighted by atomic mass is 19.4. The van der Waals surface area contributed by atoms with Gasteiger partial charge in [-0.15, -0.1) is 13.2 Å². The number of hydrogen-bond donors (Lipinski definition) is 1. The number of halogens is 5. The summed E-state index contributed by atoms with van der Waals surface area (Å²) in [4.78, 5) is 3.36. The molecule has 0 saturated carbocycles. The maximum Gasteiger partial charge on any atom is 0.573 e. The summed E-state index contributed by atoms with van der Waals surface area (Å²) in [5, 5.41) is 8.83. The van der Waals surface area contributed by atoms with Crippen LogP contribution in [-0.2, 0) is 6.61 Å². The molecule has 0 aromatic carbocycles. The van der Waals surface area contributed by atoms with E-state index >= 15 is 0 Å². The van der Waals surface area contributed by atoms with Crippen molar-refractivity contribution in [2.24, 2.45) is 0 Å². The summed E-state index contributed by atoms with van der Waals surface area (Å²) >= 11 is 0. The van der Waals surface area contributed by atoms with Gasteiger partial charge in [-0.2, -0.15) is 0 Å². The number of ether oxygens (including phenoxy) is 2. The van der Waals surface area contributed by atoms with Gasteiger partial charge >= 0.3 is 6.36 Å². The summed E-state index contributed by atoms with van der Waals surface area (Å²) in [6.07, 6.45) is -7.94. The third-order valence-corrected chi connectivity index (χ3v) is 1.91. The average Bonchev–Trinajstić information content (AvgIpc) is 2.25. The molecular weight excluding hydrogens is 265 g/mol. The number of aromatic nitrogens is 1. The maximum atomic E-state index is 12.7. The average molecular weight is 273 g/mol. The van der Waals surface area contributed by atoms with Gasteiger partial charge in [-0.3, -0.25) is 4.98 Å². The standard InChI is InChI=1S/C9H8F5NO3/c1-17-7-4(3-16)15-2-5(6(7)8(10)11)18-9(12,13)14/h2,8,16H,3H2,1H3. The van der Waals surface area contributed by atoms with E-state index in [0.717, 1.165) is 7.11 Å². The second-order valence-electron chi connectivity index (χ2n) is 3.02. The molecule has 0 spiro atoms. The number of hydrogen-bond acceptors (Lipinski definition) is 4. The molecule has 1 aromatic heterocycles. The SMILES string of the molecule is COc1c(CO)ncc(OC(F)(F)F)c1C(F)F. The second kappa shape index (κ2) is 5.34. The van der Waals surface area contributed by atoms with Crippen LogP contribution in [0, 0.1) is 0 Å². The number of methoxy groups -OCH3 is 1. The fourth-order valence-corrected chi connectivity index (χ4v) is 1.29. The Hall–Kier alpha value is -1.64. The van der Waals surface area contributed by atoms with Gasteiger partial charge in [0.2, 0.25) is 0 Å². The van der Waals surface area contributed by atoms with Gasteiger partial charge < -0.3 is 14.6 Å². The molecule has 1 N–H and O–H groups in total. The highest BCUT2D eigenvalue weighted by molar-refractivity contribution is 5.47. The van der Waals surface area contributed by atoms with Crippen LogP contribution >= 0.6 is 0 Å². The zero-order chi connectivity index (χ0) is 13.9. The Bertz CT molecular complexity index is 421. The number of pyridine rings is 1. The Morgan fingerprint density at radius 3 is 2.39 bits per heavy atom. The van der Waals surface area contributed by atoms with E-state index in [1.807, 2.05) is 0 Å². The first-order valence-corrected chi connectivity index (χ1v) is 4.50. The molecule has 0 amide bonds. The molecule has 9 heteroatoms. The fourth-order valence-electron chi connectivity index (χ4n) is 1.29.